The smallest absolute Gasteiger partial charge is 0.404 e. The molecule has 124 valence electrons. The van der Waals surface area contributed by atoms with Gasteiger partial charge in [-0.05, 0) is 18.1 Å². The highest BCUT2D eigenvalue weighted by Crippen LogP contribution is 2.35. The largest absolute Gasteiger partial charge is 0.729 e. The third-order valence-electron chi connectivity index (χ3n) is 2.25. The van der Waals surface area contributed by atoms with Crippen molar-refractivity contribution >= 4 is 18.4 Å². The van der Waals surface area contributed by atoms with E-state index in [4.69, 9.17) is 0 Å². The summed E-state index contributed by atoms with van der Waals surface area (Å²) in [6, 6.07) is 3.27. The molecule has 0 aliphatic carbocycles. The number of ether oxygens (including phenoxy) is 1. The van der Waals surface area contributed by atoms with Gasteiger partial charge in [-0.15, -0.1) is 17.7 Å². The summed E-state index contributed by atoms with van der Waals surface area (Å²) in [5.74, 6) is -0.983. The number of aryl methyl sites for hydroxylation is 1. The monoisotopic (exact) mass is 363 g/mol. The van der Waals surface area contributed by atoms with Crippen LogP contribution in [0.2, 0.25) is 0 Å². The van der Waals surface area contributed by atoms with Gasteiger partial charge in [-0.3, -0.25) is 0 Å². The Morgan fingerprint density at radius 1 is 1.27 bits per heavy atom. The summed E-state index contributed by atoms with van der Waals surface area (Å²) in [6.45, 7) is 1.52. The molecule has 1 aromatic rings. The molecule has 1 unspecified atom stereocenters. The average Bonchev–Trinajstić information content (AvgIpc) is 2.42. The molecule has 0 radical (unpaired) electrons. The van der Waals surface area contributed by atoms with Crippen LogP contribution < -0.4 is 4.74 Å². The van der Waals surface area contributed by atoms with Crippen LogP contribution in [0.4, 0.5) is 13.2 Å². The van der Waals surface area contributed by atoms with Crippen molar-refractivity contribution in [2.75, 3.05) is 7.11 Å². The molecule has 0 heterocycles. The van der Waals surface area contributed by atoms with Gasteiger partial charge in [-0.2, -0.15) is 8.42 Å². The lowest BCUT2D eigenvalue weighted by Crippen LogP contribution is -2.20. The molecule has 0 aromatic heterocycles. The van der Waals surface area contributed by atoms with Crippen LogP contribution in [0, 0.1) is 0 Å². The predicted molar refractivity (Wildman–Crippen MR) is 66.5 cm³/mol. The third-order valence-corrected chi connectivity index (χ3v) is 4.05. The highest BCUT2D eigenvalue weighted by Gasteiger charge is 2.37. The molecule has 1 aromatic carbocycles. The Hall–Kier alpha value is -1.26. The van der Waals surface area contributed by atoms with Gasteiger partial charge in [0.1, 0.15) is 4.90 Å². The summed E-state index contributed by atoms with van der Waals surface area (Å²) in [7, 11) is -6.77. The molecule has 0 saturated heterocycles. The summed E-state index contributed by atoms with van der Waals surface area (Å²) in [4.78, 5) is -0.866. The summed E-state index contributed by atoms with van der Waals surface area (Å²) >= 11 is 0. The van der Waals surface area contributed by atoms with Crippen LogP contribution >= 0.6 is 8.25 Å². The molecule has 1 atom stereocenters. The first kappa shape index (κ1) is 18.8. The van der Waals surface area contributed by atoms with Crippen LogP contribution in [0.3, 0.4) is 0 Å². The Morgan fingerprint density at radius 3 is 2.41 bits per heavy atom. The van der Waals surface area contributed by atoms with Gasteiger partial charge in [0, 0.05) is 4.57 Å². The molecule has 0 fully saturated rings. The fourth-order valence-electron chi connectivity index (χ4n) is 1.46. The summed E-state index contributed by atoms with van der Waals surface area (Å²) in [5, 5.41) is 0. The number of hydrogen-bond acceptors (Lipinski definition) is 7. The van der Waals surface area contributed by atoms with Crippen LogP contribution in [-0.2, 0) is 34.6 Å². The first-order valence-electron chi connectivity index (χ1n) is 5.61. The summed E-state index contributed by atoms with van der Waals surface area (Å²) < 4.78 is 87.6. The topological polar surface area (TPSA) is 88.1 Å². The van der Waals surface area contributed by atoms with Crippen molar-refractivity contribution in [3.63, 3.8) is 0 Å². The second kappa shape index (κ2) is 7.34. The number of alkyl halides is 3. The van der Waals surface area contributed by atoms with E-state index in [1.807, 2.05) is 0 Å². The van der Waals surface area contributed by atoms with E-state index < -0.39 is 35.4 Å². The molecule has 7 nitrogen and oxygen atoms in total. The van der Waals surface area contributed by atoms with E-state index in [0.29, 0.717) is 0 Å². The van der Waals surface area contributed by atoms with E-state index in [1.165, 1.54) is 19.1 Å². The number of rotatable bonds is 7. The van der Waals surface area contributed by atoms with Gasteiger partial charge < -0.3 is 4.74 Å². The highest BCUT2D eigenvalue weighted by molar-refractivity contribution is 7.86. The molecule has 1 rings (SSSR count). The normalized spacial score (nSPS) is 13.0. The molecule has 0 aliphatic heterocycles. The lowest BCUT2D eigenvalue weighted by atomic mass is 10.1. The van der Waals surface area contributed by atoms with Crippen LogP contribution in [-0.4, -0.2) is 21.9 Å². The minimum Gasteiger partial charge on any atom is -0.404 e. The molecule has 22 heavy (non-hydrogen) atoms. The molecule has 0 aliphatic rings. The van der Waals surface area contributed by atoms with Crippen molar-refractivity contribution in [1.29, 1.82) is 0 Å². The van der Waals surface area contributed by atoms with E-state index in [9.17, 15) is 26.2 Å². The van der Waals surface area contributed by atoms with Crippen molar-refractivity contribution in [3.05, 3.63) is 23.8 Å². The van der Waals surface area contributed by atoms with Gasteiger partial charge in [0.15, 0.2) is 5.75 Å². The van der Waals surface area contributed by atoms with Gasteiger partial charge in [0.05, 0.1) is 11.8 Å². The maximum Gasteiger partial charge on any atom is 0.729 e. The lowest BCUT2D eigenvalue weighted by Gasteiger charge is -2.14. The second-order valence-corrected chi connectivity index (χ2v) is 6.06. The average molecular weight is 363 g/mol. The van der Waals surface area contributed by atoms with Gasteiger partial charge in [0.25, 0.3) is 0 Å². The first-order chi connectivity index (χ1) is 10.1. The lowest BCUT2D eigenvalue weighted by molar-refractivity contribution is -0.275. The Bertz CT molecular complexity index is 644. The Balaban J connectivity index is 3.27. The summed E-state index contributed by atoms with van der Waals surface area (Å²) in [6.07, 6.45) is -5.03. The van der Waals surface area contributed by atoms with Crippen molar-refractivity contribution in [1.82, 2.24) is 0 Å². The third kappa shape index (κ3) is 5.18. The molecule has 12 heteroatoms. The van der Waals surface area contributed by atoms with E-state index in [1.54, 1.807) is 0 Å². The van der Waals surface area contributed by atoms with E-state index in [-0.39, 0.29) is 12.0 Å². The molecular weight excluding hydrogens is 352 g/mol. The minimum absolute atomic E-state index is 0.00186. The van der Waals surface area contributed by atoms with Crippen LogP contribution in [0.5, 0.6) is 5.75 Å². The van der Waals surface area contributed by atoms with Crippen molar-refractivity contribution in [2.45, 2.75) is 24.6 Å². The number of halogens is 3. The Kier molecular flexibility index (Phi) is 6.27. The van der Waals surface area contributed by atoms with Crippen LogP contribution in [0.25, 0.3) is 0 Å². The molecule has 0 N–H and O–H groups in total. The fraction of sp³-hybridized carbons (Fsp3) is 0.400. The van der Waals surface area contributed by atoms with E-state index >= 15 is 0 Å². The minimum atomic E-state index is -5.10. The van der Waals surface area contributed by atoms with Crippen LogP contribution in [0.1, 0.15) is 12.5 Å². The van der Waals surface area contributed by atoms with E-state index in [0.717, 1.165) is 13.2 Å². The second-order valence-electron chi connectivity index (χ2n) is 3.65. The quantitative estimate of drug-likeness (QED) is 0.418. The van der Waals surface area contributed by atoms with Gasteiger partial charge >= 0.3 is 24.7 Å². The van der Waals surface area contributed by atoms with Crippen molar-refractivity contribution in [3.8, 4) is 5.75 Å². The summed E-state index contributed by atoms with van der Waals surface area (Å²) in [5.41, 5.74) is -0.00186. The maximum absolute atomic E-state index is 12.4. The van der Waals surface area contributed by atoms with Gasteiger partial charge in [-0.1, -0.05) is 23.4 Å². The first-order valence-corrected chi connectivity index (χ1v) is 8.11. The number of hydrogen-bond donors (Lipinski definition) is 0. The van der Waals surface area contributed by atoms with Crippen molar-refractivity contribution in [2.24, 2.45) is 0 Å². The van der Waals surface area contributed by atoms with E-state index in [2.05, 4.69) is 18.3 Å². The predicted octanol–water partition coefficient (Wildman–Crippen LogP) is 3.09. The highest BCUT2D eigenvalue weighted by atomic mass is 32.2. The molecule has 0 bridgehead atoms. The SMILES string of the molecule is CCc1cccc(OC(F)(F)F)c1S(=O)(=O)OO[P+](=O)OC. The van der Waals surface area contributed by atoms with Gasteiger partial charge in [0.2, 0.25) is 0 Å². The number of benzene rings is 1. The standard InChI is InChI=1S/C10H11F3O7PS/c1-3-7-5-4-6-8(18-10(11,12)13)9(7)22(15,16)20-19-21(14)17-2/h4-6H,3H2,1-2H3/q+1. The zero-order valence-corrected chi connectivity index (χ0v) is 13.0. The molecule has 0 amide bonds. The molecular formula is C10H11F3O7PS+. The zero-order valence-electron chi connectivity index (χ0n) is 11.3. The Morgan fingerprint density at radius 2 is 1.91 bits per heavy atom. The molecule has 0 spiro atoms. The maximum atomic E-state index is 12.4. The van der Waals surface area contributed by atoms with Gasteiger partial charge in [-0.25, -0.2) is 0 Å². The zero-order chi connectivity index (χ0) is 17.0. The molecule has 0 saturated carbocycles. The Labute approximate surface area is 124 Å². The fourth-order valence-corrected chi connectivity index (χ4v) is 3.00. The van der Waals surface area contributed by atoms with Crippen LogP contribution in [0.15, 0.2) is 23.1 Å². The van der Waals surface area contributed by atoms with Crippen molar-refractivity contribution < 1.29 is 44.4 Å².